The minimum atomic E-state index is -0.718. The largest absolute Gasteiger partial charge is 0.506 e. The van der Waals surface area contributed by atoms with Crippen LogP contribution in [0.5, 0.6) is 34.5 Å². The first-order chi connectivity index (χ1) is 27.3. The van der Waals surface area contributed by atoms with E-state index in [1.807, 2.05) is 133 Å². The number of benzene rings is 7. The lowest BCUT2D eigenvalue weighted by atomic mass is 9.99. The van der Waals surface area contributed by atoms with Gasteiger partial charge in [0, 0.05) is 21.9 Å². The number of aromatic hydroxyl groups is 6. The van der Waals surface area contributed by atoms with Crippen molar-refractivity contribution in [3.63, 3.8) is 0 Å². The van der Waals surface area contributed by atoms with Crippen LogP contribution in [0, 0.1) is 0 Å². The zero-order valence-electron chi connectivity index (χ0n) is 29.1. The summed E-state index contributed by atoms with van der Waals surface area (Å²) < 4.78 is 1.60. The van der Waals surface area contributed by atoms with E-state index in [0.717, 1.165) is 33.2 Å². The summed E-state index contributed by atoms with van der Waals surface area (Å²) in [6, 6.07) is 41.4. The van der Waals surface area contributed by atoms with Crippen LogP contribution in [0.15, 0.2) is 133 Å². The van der Waals surface area contributed by atoms with E-state index in [1.54, 1.807) is 4.57 Å². The minimum absolute atomic E-state index is 0.0303. The average Bonchev–Trinajstić information content (AvgIpc) is 3.81. The van der Waals surface area contributed by atoms with Gasteiger partial charge in [0.05, 0.1) is 31.2 Å². The fourth-order valence-electron chi connectivity index (χ4n) is 7.59. The maximum Gasteiger partial charge on any atom is 0.187 e. The molecule has 10 rings (SSSR count). The molecule has 10 nitrogen and oxygen atoms in total. The second-order valence-corrected chi connectivity index (χ2v) is 14.3. The van der Waals surface area contributed by atoms with Crippen molar-refractivity contribution in [3.05, 3.63) is 133 Å². The van der Waals surface area contributed by atoms with Crippen molar-refractivity contribution < 1.29 is 30.6 Å². The summed E-state index contributed by atoms with van der Waals surface area (Å²) in [5, 5.41) is 72.7. The Morgan fingerprint density at radius 2 is 0.893 bits per heavy atom. The third-order valence-corrected chi connectivity index (χ3v) is 11.3. The molecule has 0 aliphatic heterocycles. The summed E-state index contributed by atoms with van der Waals surface area (Å²) in [6.07, 6.45) is 0. The van der Waals surface area contributed by atoms with Crippen LogP contribution in [-0.4, -0.2) is 50.2 Å². The van der Waals surface area contributed by atoms with Crippen LogP contribution in [0.2, 0.25) is 0 Å². The van der Waals surface area contributed by atoms with E-state index in [0.29, 0.717) is 22.2 Å². The van der Waals surface area contributed by atoms with Crippen LogP contribution >= 0.6 is 11.3 Å². The Kier molecular flexibility index (Phi) is 7.34. The molecule has 0 atom stereocenters. The van der Waals surface area contributed by atoms with Gasteiger partial charge in [0.2, 0.25) is 0 Å². The first kappa shape index (κ1) is 33.0. The molecule has 11 heteroatoms. The molecule has 0 fully saturated rings. The Bertz CT molecular complexity index is 3140. The van der Waals surface area contributed by atoms with Crippen LogP contribution in [-0.2, 0) is 0 Å². The standard InChI is InChI=1S/C45H28N4O6S/c50-35-31-32-36(51)34(49-28-21-11-10-19-27(28)30-26(20-12-22-29(30)49)23-13-4-1-5-14-23)38(53)40(55)42(32)56-41(31)39(54)37(52)33(35)45-47-43(24-15-6-2-7-16-24)46-44(48-45)25-17-8-3-9-18-25/h1-22,50-55H. The molecule has 0 radical (unpaired) electrons. The van der Waals surface area contributed by atoms with Gasteiger partial charge >= 0.3 is 0 Å². The Morgan fingerprint density at radius 1 is 0.393 bits per heavy atom. The van der Waals surface area contributed by atoms with Gasteiger partial charge < -0.3 is 35.2 Å². The molecule has 0 bridgehead atoms. The zero-order chi connectivity index (χ0) is 38.2. The van der Waals surface area contributed by atoms with Gasteiger partial charge in [0.15, 0.2) is 46.2 Å². The van der Waals surface area contributed by atoms with Gasteiger partial charge in [-0.25, -0.2) is 15.0 Å². The van der Waals surface area contributed by atoms with Crippen molar-refractivity contribution in [1.82, 2.24) is 19.5 Å². The fourth-order valence-corrected chi connectivity index (χ4v) is 8.78. The van der Waals surface area contributed by atoms with Gasteiger partial charge in [0.1, 0.15) is 17.0 Å². The molecule has 0 saturated carbocycles. The number of nitrogens with zero attached hydrogens (tertiary/aromatic N) is 4. The maximum atomic E-state index is 12.4. The highest BCUT2D eigenvalue weighted by Gasteiger charge is 2.32. The second-order valence-electron chi connectivity index (χ2n) is 13.3. The van der Waals surface area contributed by atoms with E-state index in [-0.39, 0.29) is 48.9 Å². The van der Waals surface area contributed by atoms with E-state index in [4.69, 9.17) is 0 Å². The van der Waals surface area contributed by atoms with Gasteiger partial charge in [-0.15, -0.1) is 11.3 Å². The van der Waals surface area contributed by atoms with Gasteiger partial charge in [-0.1, -0.05) is 121 Å². The minimum Gasteiger partial charge on any atom is -0.506 e. The van der Waals surface area contributed by atoms with Crippen molar-refractivity contribution in [1.29, 1.82) is 0 Å². The third-order valence-electron chi connectivity index (χ3n) is 10.1. The number of thiophene rings is 1. The van der Waals surface area contributed by atoms with E-state index in [2.05, 4.69) is 15.0 Å². The maximum absolute atomic E-state index is 12.4. The number of hydrogen-bond acceptors (Lipinski definition) is 10. The van der Waals surface area contributed by atoms with Crippen molar-refractivity contribution in [2.75, 3.05) is 0 Å². The molecule has 7 aromatic carbocycles. The molecule has 3 heterocycles. The predicted octanol–water partition coefficient (Wildman–Crippen LogP) is 10.2. The monoisotopic (exact) mass is 752 g/mol. The predicted molar refractivity (Wildman–Crippen MR) is 219 cm³/mol. The molecule has 10 aromatic rings. The number of phenolic OH excluding ortho intramolecular Hbond substituents is 6. The number of fused-ring (bicyclic) bond motifs is 6. The summed E-state index contributed by atoms with van der Waals surface area (Å²) in [4.78, 5) is 14.0. The Morgan fingerprint density at radius 3 is 1.52 bits per heavy atom. The van der Waals surface area contributed by atoms with Crippen molar-refractivity contribution in [2.24, 2.45) is 0 Å². The SMILES string of the molecule is Oc1c(-c2nc(-c3ccccc3)nc(-c3ccccc3)n2)c(O)c2c(sc3c(O)c(O)c(-n4c5ccccc5c5c(-c6ccccc6)cccc54)c(O)c32)c1O. The number of para-hydroxylation sites is 1. The second kappa shape index (κ2) is 12.5. The summed E-state index contributed by atoms with van der Waals surface area (Å²) >= 11 is 0.786. The Hall–Kier alpha value is -7.63. The molecule has 6 N–H and O–H groups in total. The molecule has 0 unspecified atom stereocenters. The summed E-state index contributed by atoms with van der Waals surface area (Å²) in [5.41, 5.74) is 3.98. The third kappa shape index (κ3) is 4.78. The Labute approximate surface area is 321 Å². The van der Waals surface area contributed by atoms with Crippen molar-refractivity contribution >= 4 is 53.3 Å². The lowest BCUT2D eigenvalue weighted by Gasteiger charge is -2.15. The molecule has 0 saturated heterocycles. The number of phenols is 6. The molecule has 0 aliphatic carbocycles. The van der Waals surface area contributed by atoms with Crippen molar-refractivity contribution in [2.45, 2.75) is 0 Å². The lowest BCUT2D eigenvalue weighted by molar-refractivity contribution is 0.401. The summed E-state index contributed by atoms with van der Waals surface area (Å²) in [5.74, 6) is -3.26. The molecule has 0 amide bonds. The highest BCUT2D eigenvalue weighted by atomic mass is 32.1. The lowest BCUT2D eigenvalue weighted by Crippen LogP contribution is -2.00. The van der Waals surface area contributed by atoms with Crippen molar-refractivity contribution in [3.8, 4) is 85.5 Å². The van der Waals surface area contributed by atoms with Gasteiger partial charge in [-0.3, -0.25) is 0 Å². The fraction of sp³-hybridized carbons (Fsp3) is 0. The first-order valence-corrected chi connectivity index (χ1v) is 18.4. The topological polar surface area (TPSA) is 165 Å². The highest BCUT2D eigenvalue weighted by Crippen LogP contribution is 2.60. The smallest absolute Gasteiger partial charge is 0.187 e. The van der Waals surface area contributed by atoms with Crippen LogP contribution < -0.4 is 0 Å². The van der Waals surface area contributed by atoms with E-state index < -0.39 is 34.5 Å². The van der Waals surface area contributed by atoms with E-state index in [1.165, 1.54) is 0 Å². The molecule has 0 spiro atoms. The van der Waals surface area contributed by atoms with Gasteiger partial charge in [-0.05, 0) is 23.3 Å². The van der Waals surface area contributed by atoms with Gasteiger partial charge in [-0.2, -0.15) is 0 Å². The molecule has 3 aromatic heterocycles. The zero-order valence-corrected chi connectivity index (χ0v) is 29.9. The summed E-state index contributed by atoms with van der Waals surface area (Å²) in [6.45, 7) is 0. The molecule has 270 valence electrons. The number of hydrogen-bond donors (Lipinski definition) is 6. The van der Waals surface area contributed by atoms with Crippen LogP contribution in [0.4, 0.5) is 0 Å². The van der Waals surface area contributed by atoms with Crippen LogP contribution in [0.3, 0.4) is 0 Å². The van der Waals surface area contributed by atoms with Gasteiger partial charge in [0.25, 0.3) is 0 Å². The average molecular weight is 753 g/mol. The quantitative estimate of drug-likeness (QED) is 0.0741. The Balaban J connectivity index is 1.29. The molecular formula is C45H28N4O6S. The highest BCUT2D eigenvalue weighted by molar-refractivity contribution is 7.26. The molecule has 0 aliphatic rings. The van der Waals surface area contributed by atoms with Crippen LogP contribution in [0.1, 0.15) is 0 Å². The van der Waals surface area contributed by atoms with E-state index in [9.17, 15) is 30.6 Å². The molecular weight excluding hydrogens is 725 g/mol. The number of rotatable bonds is 5. The van der Waals surface area contributed by atoms with Crippen LogP contribution in [0.25, 0.3) is 93.0 Å². The number of aromatic nitrogens is 4. The normalized spacial score (nSPS) is 11.6. The summed E-state index contributed by atoms with van der Waals surface area (Å²) in [7, 11) is 0. The first-order valence-electron chi connectivity index (χ1n) is 17.6. The molecule has 56 heavy (non-hydrogen) atoms. The van der Waals surface area contributed by atoms with E-state index >= 15 is 0 Å².